The van der Waals surface area contributed by atoms with Crippen LogP contribution in [0.4, 0.5) is 20.2 Å². The molecule has 3 rings (SSSR count). The van der Waals surface area contributed by atoms with Crippen molar-refractivity contribution >= 4 is 17.3 Å². The Kier molecular flexibility index (Phi) is 5.99. The van der Waals surface area contributed by atoms with Gasteiger partial charge in [0.05, 0.1) is 0 Å². The molecule has 0 aliphatic rings. The minimum Gasteiger partial charge on any atom is -0.351 e. The number of amides is 1. The second kappa shape index (κ2) is 8.61. The second-order valence-corrected chi connectivity index (χ2v) is 6.66. The van der Waals surface area contributed by atoms with E-state index in [-0.39, 0.29) is 23.3 Å². The van der Waals surface area contributed by atoms with Gasteiger partial charge in [-0.05, 0) is 43.7 Å². The second-order valence-electron chi connectivity index (χ2n) is 6.66. The molecule has 0 radical (unpaired) electrons. The number of carbonyl (C=O) groups is 1. The lowest BCUT2D eigenvalue weighted by Gasteiger charge is -2.26. The minimum absolute atomic E-state index is 0.0462. The maximum Gasteiger partial charge on any atom is 0.273 e. The highest BCUT2D eigenvalue weighted by atomic mass is 19.1. The van der Waals surface area contributed by atoms with Gasteiger partial charge in [0.1, 0.15) is 23.0 Å². The fourth-order valence-electron chi connectivity index (χ4n) is 2.80. The summed E-state index contributed by atoms with van der Waals surface area (Å²) in [5, 5.41) is 2.69. The van der Waals surface area contributed by atoms with Gasteiger partial charge in [0.2, 0.25) is 0 Å². The van der Waals surface area contributed by atoms with Crippen LogP contribution in [0, 0.1) is 11.6 Å². The number of nitrogens with one attached hydrogen (secondary N) is 1. The maximum atomic E-state index is 13.9. The van der Waals surface area contributed by atoms with Gasteiger partial charge in [0.15, 0.2) is 0 Å². The molecule has 0 spiro atoms. The molecular formula is C22H21F2N3O. The van der Waals surface area contributed by atoms with E-state index < -0.39 is 11.6 Å². The molecule has 0 bridgehead atoms. The Balaban J connectivity index is 1.84. The van der Waals surface area contributed by atoms with E-state index in [1.165, 1.54) is 30.5 Å². The van der Waals surface area contributed by atoms with E-state index in [1.807, 2.05) is 44.2 Å². The molecule has 1 heterocycles. The van der Waals surface area contributed by atoms with Crippen molar-refractivity contribution in [3.63, 3.8) is 0 Å². The van der Waals surface area contributed by atoms with Crippen molar-refractivity contribution in [3.8, 4) is 0 Å². The van der Waals surface area contributed by atoms with Crippen LogP contribution < -0.4 is 5.32 Å². The van der Waals surface area contributed by atoms with Crippen molar-refractivity contribution in [1.82, 2.24) is 9.88 Å². The van der Waals surface area contributed by atoms with Crippen LogP contribution in [0.5, 0.6) is 0 Å². The monoisotopic (exact) mass is 381 g/mol. The van der Waals surface area contributed by atoms with Gasteiger partial charge in [-0.15, -0.1) is 0 Å². The molecule has 2 aromatic carbocycles. The fourth-order valence-corrected chi connectivity index (χ4v) is 2.80. The molecule has 6 heteroatoms. The van der Waals surface area contributed by atoms with E-state index in [4.69, 9.17) is 0 Å². The number of benzene rings is 2. The lowest BCUT2D eigenvalue weighted by Crippen LogP contribution is -2.36. The first-order valence-electron chi connectivity index (χ1n) is 8.97. The molecule has 144 valence electrons. The summed E-state index contributed by atoms with van der Waals surface area (Å²) in [6, 6.07) is 16.3. The smallest absolute Gasteiger partial charge is 0.273 e. The Morgan fingerprint density at radius 3 is 2.36 bits per heavy atom. The number of aromatic nitrogens is 1. The lowest BCUT2D eigenvalue weighted by molar-refractivity contribution is 0.0684. The van der Waals surface area contributed by atoms with Crippen LogP contribution in [0.25, 0.3) is 0 Å². The van der Waals surface area contributed by atoms with Crippen LogP contribution in [0.3, 0.4) is 0 Å². The standard InChI is InChI=1S/C22H21F2N3O/c1-15(2)27(14-16-7-4-3-5-8-16)22(28)20-13-17(11-12-25-20)26-21-18(23)9-6-10-19(21)24/h3-13,15H,14H2,1-2H3,(H,25,26). The maximum absolute atomic E-state index is 13.9. The highest BCUT2D eigenvalue weighted by Crippen LogP contribution is 2.24. The number of hydrogen-bond acceptors (Lipinski definition) is 3. The first kappa shape index (κ1) is 19.5. The molecule has 0 aliphatic heterocycles. The van der Waals surface area contributed by atoms with E-state index in [1.54, 1.807) is 11.0 Å². The zero-order valence-corrected chi connectivity index (χ0v) is 15.7. The number of pyridine rings is 1. The first-order valence-corrected chi connectivity index (χ1v) is 8.97. The molecule has 1 N–H and O–H groups in total. The SMILES string of the molecule is CC(C)N(Cc1ccccc1)C(=O)c1cc(Nc2c(F)cccc2F)ccn1. The van der Waals surface area contributed by atoms with Gasteiger partial charge >= 0.3 is 0 Å². The predicted octanol–water partition coefficient (Wildman–Crippen LogP) is 5.15. The van der Waals surface area contributed by atoms with E-state index in [2.05, 4.69) is 10.3 Å². The molecule has 28 heavy (non-hydrogen) atoms. The molecule has 0 saturated carbocycles. The third-order valence-corrected chi connectivity index (χ3v) is 4.29. The molecule has 0 unspecified atom stereocenters. The number of hydrogen-bond donors (Lipinski definition) is 1. The van der Waals surface area contributed by atoms with Crippen molar-refractivity contribution in [3.05, 3.63) is 89.8 Å². The Labute approximate surface area is 162 Å². The highest BCUT2D eigenvalue weighted by molar-refractivity contribution is 5.93. The van der Waals surface area contributed by atoms with Crippen LogP contribution >= 0.6 is 0 Å². The Hall–Kier alpha value is -3.28. The molecule has 0 saturated heterocycles. The summed E-state index contributed by atoms with van der Waals surface area (Å²) in [4.78, 5) is 18.9. The molecule has 0 aliphatic carbocycles. The number of halogens is 2. The number of nitrogens with zero attached hydrogens (tertiary/aromatic N) is 2. The highest BCUT2D eigenvalue weighted by Gasteiger charge is 2.21. The van der Waals surface area contributed by atoms with Gasteiger partial charge in [-0.25, -0.2) is 8.78 Å². The zero-order valence-electron chi connectivity index (χ0n) is 15.7. The summed E-state index contributed by atoms with van der Waals surface area (Å²) in [6.45, 7) is 4.30. The van der Waals surface area contributed by atoms with E-state index >= 15 is 0 Å². The summed E-state index contributed by atoms with van der Waals surface area (Å²) in [6.07, 6.45) is 1.44. The van der Waals surface area contributed by atoms with Gasteiger partial charge in [0.25, 0.3) is 5.91 Å². The summed E-state index contributed by atoms with van der Waals surface area (Å²) in [5.74, 6) is -1.67. The van der Waals surface area contributed by atoms with E-state index in [9.17, 15) is 13.6 Å². The fraction of sp³-hybridized carbons (Fsp3) is 0.182. The normalized spacial score (nSPS) is 10.8. The Bertz CT molecular complexity index is 941. The zero-order chi connectivity index (χ0) is 20.1. The van der Waals surface area contributed by atoms with Crippen LogP contribution in [0.15, 0.2) is 66.9 Å². The largest absolute Gasteiger partial charge is 0.351 e. The Morgan fingerprint density at radius 2 is 1.71 bits per heavy atom. The number of para-hydroxylation sites is 1. The number of anilines is 2. The van der Waals surface area contributed by atoms with E-state index in [0.717, 1.165) is 5.56 Å². The van der Waals surface area contributed by atoms with Crippen LogP contribution in [-0.2, 0) is 6.54 Å². The van der Waals surface area contributed by atoms with Crippen LogP contribution in [0.2, 0.25) is 0 Å². The average Bonchev–Trinajstić information content (AvgIpc) is 2.69. The summed E-state index contributed by atoms with van der Waals surface area (Å²) >= 11 is 0. The molecule has 0 fully saturated rings. The Morgan fingerprint density at radius 1 is 1.04 bits per heavy atom. The summed E-state index contributed by atoms with van der Waals surface area (Å²) < 4.78 is 27.8. The minimum atomic E-state index is -0.711. The average molecular weight is 381 g/mol. The van der Waals surface area contributed by atoms with Gasteiger partial charge in [-0.2, -0.15) is 0 Å². The quantitative estimate of drug-likeness (QED) is 0.642. The van der Waals surface area contributed by atoms with Crippen LogP contribution in [0.1, 0.15) is 29.9 Å². The first-order chi connectivity index (χ1) is 13.5. The third kappa shape index (κ3) is 4.52. The molecule has 1 aromatic heterocycles. The molecular weight excluding hydrogens is 360 g/mol. The van der Waals surface area contributed by atoms with Gasteiger partial charge in [0, 0.05) is 24.5 Å². The molecule has 4 nitrogen and oxygen atoms in total. The van der Waals surface area contributed by atoms with Crippen LogP contribution in [-0.4, -0.2) is 21.8 Å². The number of carbonyl (C=O) groups excluding carboxylic acids is 1. The lowest BCUT2D eigenvalue weighted by atomic mass is 10.1. The summed E-state index contributed by atoms with van der Waals surface area (Å²) in [5.41, 5.74) is 1.32. The molecule has 0 atom stereocenters. The molecule has 3 aromatic rings. The van der Waals surface area contributed by atoms with Gasteiger partial charge in [-0.3, -0.25) is 9.78 Å². The summed E-state index contributed by atoms with van der Waals surface area (Å²) in [7, 11) is 0. The third-order valence-electron chi connectivity index (χ3n) is 4.29. The van der Waals surface area contributed by atoms with E-state index in [0.29, 0.717) is 12.2 Å². The van der Waals surface area contributed by atoms with Gasteiger partial charge < -0.3 is 10.2 Å². The van der Waals surface area contributed by atoms with Crippen molar-refractivity contribution in [2.45, 2.75) is 26.4 Å². The topological polar surface area (TPSA) is 45.2 Å². The molecule has 1 amide bonds. The number of rotatable bonds is 6. The van der Waals surface area contributed by atoms with Crippen molar-refractivity contribution in [2.24, 2.45) is 0 Å². The predicted molar refractivity (Wildman–Crippen MR) is 105 cm³/mol. The van der Waals surface area contributed by atoms with Crippen molar-refractivity contribution < 1.29 is 13.6 Å². The van der Waals surface area contributed by atoms with Crippen molar-refractivity contribution in [1.29, 1.82) is 0 Å². The van der Waals surface area contributed by atoms with Crippen molar-refractivity contribution in [2.75, 3.05) is 5.32 Å². The van der Waals surface area contributed by atoms with Gasteiger partial charge in [-0.1, -0.05) is 36.4 Å².